The maximum Gasteiger partial charge on any atom is 0.260 e. The van der Waals surface area contributed by atoms with E-state index in [-0.39, 0.29) is 5.91 Å². The van der Waals surface area contributed by atoms with E-state index < -0.39 is 6.10 Å². The molecule has 1 rings (SSSR count). The van der Waals surface area contributed by atoms with Crippen molar-refractivity contribution in [3.63, 3.8) is 0 Å². The number of nitrogen functional groups attached to an aromatic ring is 1. The fourth-order valence-corrected chi connectivity index (χ4v) is 1.75. The zero-order valence-corrected chi connectivity index (χ0v) is 12.2. The summed E-state index contributed by atoms with van der Waals surface area (Å²) in [7, 11) is 0. The molecule has 0 aromatic heterocycles. The number of hydrogen-bond acceptors (Lipinski definition) is 3. The summed E-state index contributed by atoms with van der Waals surface area (Å²) in [6.07, 6.45) is 2.62. The van der Waals surface area contributed by atoms with Gasteiger partial charge in [0.2, 0.25) is 0 Å². The van der Waals surface area contributed by atoms with E-state index in [4.69, 9.17) is 22.1 Å². The van der Waals surface area contributed by atoms with Gasteiger partial charge in [-0.15, -0.1) is 0 Å². The molecular weight excluding hydrogens is 264 g/mol. The molecule has 0 aliphatic rings. The molecule has 1 aromatic carbocycles. The SMILES string of the molecule is CCCCCNC(=O)C(C)Oc1cc(N)ccc1Cl. The third kappa shape index (κ3) is 5.39. The fraction of sp³-hybridized carbons (Fsp3) is 0.500. The second-order valence-electron chi connectivity index (χ2n) is 4.45. The van der Waals surface area contributed by atoms with E-state index in [2.05, 4.69) is 12.2 Å². The van der Waals surface area contributed by atoms with Crippen LogP contribution in [0.15, 0.2) is 18.2 Å². The second kappa shape index (κ2) is 7.89. The lowest BCUT2D eigenvalue weighted by Crippen LogP contribution is -2.36. The first-order valence-electron chi connectivity index (χ1n) is 6.54. The van der Waals surface area contributed by atoms with Gasteiger partial charge in [0.25, 0.3) is 5.91 Å². The van der Waals surface area contributed by atoms with Gasteiger partial charge in [-0.3, -0.25) is 4.79 Å². The standard InChI is InChI=1S/C14H21ClN2O2/c1-3-4-5-8-17-14(18)10(2)19-13-9-11(16)6-7-12(13)15/h6-7,9-10H,3-5,8,16H2,1-2H3,(H,17,18). The number of unbranched alkanes of at least 4 members (excludes halogenated alkanes) is 2. The number of nitrogens with two attached hydrogens (primary N) is 1. The number of halogens is 1. The Hall–Kier alpha value is -1.42. The molecule has 0 aliphatic heterocycles. The summed E-state index contributed by atoms with van der Waals surface area (Å²) < 4.78 is 5.52. The third-order valence-electron chi connectivity index (χ3n) is 2.71. The van der Waals surface area contributed by atoms with Crippen molar-refractivity contribution in [2.75, 3.05) is 12.3 Å². The van der Waals surface area contributed by atoms with E-state index in [0.717, 1.165) is 19.3 Å². The first-order chi connectivity index (χ1) is 9.04. The minimum atomic E-state index is -0.596. The monoisotopic (exact) mass is 284 g/mol. The average Bonchev–Trinajstić information content (AvgIpc) is 2.38. The lowest BCUT2D eigenvalue weighted by molar-refractivity contribution is -0.127. The second-order valence-corrected chi connectivity index (χ2v) is 4.86. The number of amides is 1. The summed E-state index contributed by atoms with van der Waals surface area (Å²) in [6.45, 7) is 4.48. The predicted molar refractivity (Wildman–Crippen MR) is 78.5 cm³/mol. The van der Waals surface area contributed by atoms with E-state index in [1.165, 1.54) is 0 Å². The van der Waals surface area contributed by atoms with Crippen molar-refractivity contribution in [2.24, 2.45) is 0 Å². The highest BCUT2D eigenvalue weighted by atomic mass is 35.5. The summed E-state index contributed by atoms with van der Waals surface area (Å²) in [5, 5.41) is 3.28. The highest BCUT2D eigenvalue weighted by Gasteiger charge is 2.15. The molecule has 1 atom stereocenters. The molecule has 0 radical (unpaired) electrons. The molecule has 1 amide bonds. The largest absolute Gasteiger partial charge is 0.479 e. The quantitative estimate of drug-likeness (QED) is 0.597. The molecule has 1 unspecified atom stereocenters. The van der Waals surface area contributed by atoms with Crippen LogP contribution in [0.1, 0.15) is 33.1 Å². The number of anilines is 1. The Morgan fingerprint density at radius 2 is 2.21 bits per heavy atom. The number of ether oxygens (including phenoxy) is 1. The summed E-state index contributed by atoms with van der Waals surface area (Å²) in [5.41, 5.74) is 6.20. The number of benzene rings is 1. The Labute approximate surface area is 119 Å². The van der Waals surface area contributed by atoms with Gasteiger partial charge < -0.3 is 15.8 Å². The molecule has 0 saturated heterocycles. The molecule has 5 heteroatoms. The Morgan fingerprint density at radius 1 is 1.47 bits per heavy atom. The number of nitrogens with one attached hydrogen (secondary N) is 1. The van der Waals surface area contributed by atoms with Crippen LogP contribution in [0.5, 0.6) is 5.75 Å². The minimum absolute atomic E-state index is 0.144. The van der Waals surface area contributed by atoms with Gasteiger partial charge >= 0.3 is 0 Å². The van der Waals surface area contributed by atoms with Gasteiger partial charge in [0.1, 0.15) is 5.75 Å². The number of carbonyl (C=O) groups excluding carboxylic acids is 1. The summed E-state index contributed by atoms with van der Waals surface area (Å²) >= 11 is 5.98. The van der Waals surface area contributed by atoms with Gasteiger partial charge in [-0.1, -0.05) is 31.4 Å². The van der Waals surface area contributed by atoms with Gasteiger partial charge in [0.05, 0.1) is 5.02 Å². The van der Waals surface area contributed by atoms with Crippen LogP contribution in [0.2, 0.25) is 5.02 Å². The van der Waals surface area contributed by atoms with Crippen molar-refractivity contribution in [1.29, 1.82) is 0 Å². The summed E-state index contributed by atoms with van der Waals surface area (Å²) in [5.74, 6) is 0.285. The normalized spacial score (nSPS) is 11.9. The van der Waals surface area contributed by atoms with Gasteiger partial charge in [0.15, 0.2) is 6.10 Å². The lowest BCUT2D eigenvalue weighted by Gasteiger charge is -2.16. The van der Waals surface area contributed by atoms with E-state index >= 15 is 0 Å². The Morgan fingerprint density at radius 3 is 2.89 bits per heavy atom. The Bertz CT molecular complexity index is 424. The first-order valence-corrected chi connectivity index (χ1v) is 6.91. The highest BCUT2D eigenvalue weighted by Crippen LogP contribution is 2.27. The lowest BCUT2D eigenvalue weighted by atomic mass is 10.2. The average molecular weight is 285 g/mol. The van der Waals surface area contributed by atoms with Gasteiger partial charge in [-0.05, 0) is 25.5 Å². The molecule has 0 saturated carbocycles. The molecule has 0 fully saturated rings. The summed E-state index contributed by atoms with van der Waals surface area (Å²) in [6, 6.07) is 4.95. The van der Waals surface area contributed by atoms with Crippen molar-refractivity contribution in [3.05, 3.63) is 23.2 Å². The fourth-order valence-electron chi connectivity index (χ4n) is 1.58. The van der Waals surface area contributed by atoms with Crippen molar-refractivity contribution in [2.45, 2.75) is 39.2 Å². The van der Waals surface area contributed by atoms with Gasteiger partial charge in [-0.25, -0.2) is 0 Å². The van der Waals surface area contributed by atoms with Crippen molar-refractivity contribution >= 4 is 23.2 Å². The van der Waals surface area contributed by atoms with E-state index in [9.17, 15) is 4.79 Å². The third-order valence-corrected chi connectivity index (χ3v) is 3.02. The molecule has 3 N–H and O–H groups in total. The molecule has 19 heavy (non-hydrogen) atoms. The van der Waals surface area contributed by atoms with Crippen LogP contribution in [-0.4, -0.2) is 18.6 Å². The zero-order valence-electron chi connectivity index (χ0n) is 11.4. The van der Waals surface area contributed by atoms with Crippen molar-refractivity contribution in [3.8, 4) is 5.75 Å². The smallest absolute Gasteiger partial charge is 0.260 e. The topological polar surface area (TPSA) is 64.3 Å². The molecular formula is C14H21ClN2O2. The van der Waals surface area contributed by atoms with Crippen LogP contribution in [0.3, 0.4) is 0 Å². The maximum atomic E-state index is 11.8. The molecule has 0 aliphatic carbocycles. The summed E-state index contributed by atoms with van der Waals surface area (Å²) in [4.78, 5) is 11.8. The number of carbonyl (C=O) groups is 1. The van der Waals surface area contributed by atoms with Gasteiger partial charge in [-0.2, -0.15) is 0 Å². The van der Waals surface area contributed by atoms with E-state index in [1.807, 2.05) is 0 Å². The van der Waals surface area contributed by atoms with Gasteiger partial charge in [0, 0.05) is 18.3 Å². The molecule has 4 nitrogen and oxygen atoms in total. The van der Waals surface area contributed by atoms with Crippen LogP contribution >= 0.6 is 11.6 Å². The van der Waals surface area contributed by atoms with Crippen LogP contribution in [0, 0.1) is 0 Å². The zero-order chi connectivity index (χ0) is 14.3. The minimum Gasteiger partial charge on any atom is -0.479 e. The van der Waals surface area contributed by atoms with E-state index in [1.54, 1.807) is 25.1 Å². The Kier molecular flexibility index (Phi) is 6.50. The highest BCUT2D eigenvalue weighted by molar-refractivity contribution is 6.32. The molecule has 106 valence electrons. The van der Waals surface area contributed by atoms with Crippen LogP contribution in [0.25, 0.3) is 0 Å². The maximum absolute atomic E-state index is 11.8. The number of hydrogen-bond donors (Lipinski definition) is 2. The van der Waals surface area contributed by atoms with Crippen LogP contribution < -0.4 is 15.8 Å². The first kappa shape index (κ1) is 15.6. The van der Waals surface area contributed by atoms with Crippen LogP contribution in [0.4, 0.5) is 5.69 Å². The molecule has 0 spiro atoms. The van der Waals surface area contributed by atoms with Crippen molar-refractivity contribution in [1.82, 2.24) is 5.32 Å². The molecule has 1 aromatic rings. The predicted octanol–water partition coefficient (Wildman–Crippen LogP) is 3.00. The Balaban J connectivity index is 2.47. The van der Waals surface area contributed by atoms with E-state index in [0.29, 0.717) is 23.0 Å². The van der Waals surface area contributed by atoms with Crippen LogP contribution in [-0.2, 0) is 4.79 Å². The molecule has 0 bridgehead atoms. The number of rotatable bonds is 7. The molecule has 0 heterocycles. The van der Waals surface area contributed by atoms with Crippen molar-refractivity contribution < 1.29 is 9.53 Å².